The van der Waals surface area contributed by atoms with Crippen LogP contribution in [-0.4, -0.2) is 10.1 Å². The number of nitrogens with zero attached hydrogens (tertiary/aromatic N) is 1. The van der Waals surface area contributed by atoms with Crippen LogP contribution in [0.25, 0.3) is 11.3 Å². The molecule has 0 bridgehead atoms. The zero-order valence-corrected chi connectivity index (χ0v) is 14.2. The van der Waals surface area contributed by atoms with E-state index in [-0.39, 0.29) is 0 Å². The van der Waals surface area contributed by atoms with Gasteiger partial charge in [-0.25, -0.2) is 4.98 Å². The van der Waals surface area contributed by atoms with Gasteiger partial charge in [-0.3, -0.25) is 0 Å². The van der Waals surface area contributed by atoms with Gasteiger partial charge in [-0.15, -0.1) is 11.3 Å². The summed E-state index contributed by atoms with van der Waals surface area (Å²) in [6, 6.07) is 18.1. The van der Waals surface area contributed by atoms with Crippen LogP contribution in [0.1, 0.15) is 16.7 Å². The molecular formula is C17H14INOS. The Morgan fingerprint density at radius 1 is 1.05 bits per heavy atom. The van der Waals surface area contributed by atoms with Crippen molar-refractivity contribution >= 4 is 33.9 Å². The first-order valence-corrected chi connectivity index (χ1v) is 8.61. The Kier molecular flexibility index (Phi) is 4.67. The zero-order valence-electron chi connectivity index (χ0n) is 11.2. The minimum atomic E-state index is -0.503. The fourth-order valence-corrected chi connectivity index (χ4v) is 3.32. The molecule has 0 spiro atoms. The fraction of sp³-hybridized carbons (Fsp3) is 0.118. The van der Waals surface area contributed by atoms with Crippen LogP contribution in [0.3, 0.4) is 0 Å². The number of aromatic nitrogens is 1. The molecular weight excluding hydrogens is 393 g/mol. The van der Waals surface area contributed by atoms with Crippen molar-refractivity contribution in [3.05, 3.63) is 74.1 Å². The number of halogens is 1. The molecule has 1 aromatic heterocycles. The quantitative estimate of drug-likeness (QED) is 0.637. The smallest absolute Gasteiger partial charge is 0.0961 e. The van der Waals surface area contributed by atoms with Crippen LogP contribution in [0.15, 0.2) is 60.0 Å². The number of rotatable bonds is 4. The standard InChI is InChI=1S/C17H14INOS/c18-14-8-6-13(7-9-14)16(20)10-17-19-15(11-21-17)12-4-2-1-3-5-12/h1-9,11,16,20H,10H2. The van der Waals surface area contributed by atoms with Crippen LogP contribution in [0.5, 0.6) is 0 Å². The Hall–Kier alpha value is -1.24. The second-order valence-electron chi connectivity index (χ2n) is 4.76. The molecule has 0 radical (unpaired) electrons. The molecule has 0 aliphatic rings. The van der Waals surface area contributed by atoms with Crippen molar-refractivity contribution in [2.45, 2.75) is 12.5 Å². The Bertz CT molecular complexity index is 709. The predicted octanol–water partition coefficient (Wildman–Crippen LogP) is 4.69. The van der Waals surface area contributed by atoms with Gasteiger partial charge in [-0.05, 0) is 40.3 Å². The summed E-state index contributed by atoms with van der Waals surface area (Å²) in [5.74, 6) is 0. The Labute approximate surface area is 141 Å². The Morgan fingerprint density at radius 2 is 1.76 bits per heavy atom. The van der Waals surface area contributed by atoms with E-state index in [0.717, 1.165) is 21.8 Å². The normalized spacial score (nSPS) is 12.3. The van der Waals surface area contributed by atoms with Crippen molar-refractivity contribution in [3.8, 4) is 11.3 Å². The minimum absolute atomic E-state index is 0.503. The highest BCUT2D eigenvalue weighted by Crippen LogP contribution is 2.25. The van der Waals surface area contributed by atoms with Gasteiger partial charge in [0.05, 0.1) is 16.8 Å². The fourth-order valence-electron chi connectivity index (χ4n) is 2.11. The summed E-state index contributed by atoms with van der Waals surface area (Å²) < 4.78 is 1.17. The van der Waals surface area contributed by atoms with Crippen molar-refractivity contribution in [2.75, 3.05) is 0 Å². The van der Waals surface area contributed by atoms with Crippen molar-refractivity contribution in [1.29, 1.82) is 0 Å². The summed E-state index contributed by atoms with van der Waals surface area (Å²) >= 11 is 3.86. The number of hydrogen-bond acceptors (Lipinski definition) is 3. The predicted molar refractivity (Wildman–Crippen MR) is 95.4 cm³/mol. The van der Waals surface area contributed by atoms with Gasteiger partial charge in [-0.1, -0.05) is 42.5 Å². The van der Waals surface area contributed by atoms with Crippen molar-refractivity contribution in [2.24, 2.45) is 0 Å². The van der Waals surface area contributed by atoms with Gasteiger partial charge in [0.15, 0.2) is 0 Å². The molecule has 2 nitrogen and oxygen atoms in total. The van der Waals surface area contributed by atoms with Gasteiger partial charge in [0.2, 0.25) is 0 Å². The molecule has 1 N–H and O–H groups in total. The molecule has 2 aromatic carbocycles. The van der Waals surface area contributed by atoms with E-state index in [9.17, 15) is 5.11 Å². The van der Waals surface area contributed by atoms with Crippen molar-refractivity contribution in [3.63, 3.8) is 0 Å². The lowest BCUT2D eigenvalue weighted by Gasteiger charge is -2.09. The van der Waals surface area contributed by atoms with E-state index >= 15 is 0 Å². The number of aliphatic hydroxyl groups is 1. The molecule has 21 heavy (non-hydrogen) atoms. The first kappa shape index (κ1) is 14.7. The summed E-state index contributed by atoms with van der Waals surface area (Å²) in [4.78, 5) is 4.62. The van der Waals surface area contributed by atoms with E-state index in [2.05, 4.69) is 27.6 Å². The molecule has 0 saturated carbocycles. The molecule has 106 valence electrons. The van der Waals surface area contributed by atoms with E-state index < -0.39 is 6.10 Å². The molecule has 1 atom stereocenters. The average Bonchev–Trinajstić information content (AvgIpc) is 2.97. The lowest BCUT2D eigenvalue weighted by atomic mass is 10.1. The van der Waals surface area contributed by atoms with Gasteiger partial charge in [0.25, 0.3) is 0 Å². The third-order valence-electron chi connectivity index (χ3n) is 3.24. The van der Waals surface area contributed by atoms with Gasteiger partial charge in [0.1, 0.15) is 0 Å². The SMILES string of the molecule is OC(Cc1nc(-c2ccccc2)cs1)c1ccc(I)cc1. The summed E-state index contributed by atoms with van der Waals surface area (Å²) in [6.07, 6.45) is 0.0507. The highest BCUT2D eigenvalue weighted by atomic mass is 127. The van der Waals surface area contributed by atoms with Crippen molar-refractivity contribution < 1.29 is 5.11 Å². The molecule has 0 amide bonds. The van der Waals surface area contributed by atoms with Gasteiger partial charge in [-0.2, -0.15) is 0 Å². The molecule has 3 rings (SSSR count). The lowest BCUT2D eigenvalue weighted by Crippen LogP contribution is -2.01. The second kappa shape index (κ2) is 6.68. The molecule has 1 unspecified atom stereocenters. The third kappa shape index (κ3) is 3.70. The molecule has 4 heteroatoms. The van der Waals surface area contributed by atoms with Crippen LogP contribution >= 0.6 is 33.9 Å². The maximum atomic E-state index is 10.3. The number of benzene rings is 2. The maximum Gasteiger partial charge on any atom is 0.0961 e. The molecule has 0 aliphatic heterocycles. The van der Waals surface area contributed by atoms with Crippen LogP contribution in [-0.2, 0) is 6.42 Å². The lowest BCUT2D eigenvalue weighted by molar-refractivity contribution is 0.178. The van der Waals surface area contributed by atoms with Crippen LogP contribution < -0.4 is 0 Å². The second-order valence-corrected chi connectivity index (χ2v) is 6.95. The number of thiazole rings is 1. The molecule has 3 aromatic rings. The average molecular weight is 407 g/mol. The van der Waals surface area contributed by atoms with E-state index in [1.165, 1.54) is 3.57 Å². The molecule has 0 fully saturated rings. The Morgan fingerprint density at radius 3 is 2.48 bits per heavy atom. The monoisotopic (exact) mass is 407 g/mol. The van der Waals surface area contributed by atoms with Crippen molar-refractivity contribution in [1.82, 2.24) is 4.98 Å². The van der Waals surface area contributed by atoms with Gasteiger partial charge < -0.3 is 5.11 Å². The maximum absolute atomic E-state index is 10.3. The minimum Gasteiger partial charge on any atom is -0.388 e. The first-order valence-electron chi connectivity index (χ1n) is 6.66. The van der Waals surface area contributed by atoms with E-state index in [4.69, 9.17) is 0 Å². The van der Waals surface area contributed by atoms with E-state index in [1.54, 1.807) is 11.3 Å². The molecule has 0 saturated heterocycles. The summed E-state index contributed by atoms with van der Waals surface area (Å²) in [7, 11) is 0. The van der Waals surface area contributed by atoms with Crippen LogP contribution in [0.4, 0.5) is 0 Å². The molecule has 1 heterocycles. The van der Waals surface area contributed by atoms with Crippen LogP contribution in [0.2, 0.25) is 0 Å². The summed E-state index contributed by atoms with van der Waals surface area (Å²) in [6.45, 7) is 0. The van der Waals surface area contributed by atoms with E-state index in [1.807, 2.05) is 60.0 Å². The highest BCUT2D eigenvalue weighted by Gasteiger charge is 2.12. The van der Waals surface area contributed by atoms with Gasteiger partial charge >= 0.3 is 0 Å². The summed E-state index contributed by atoms with van der Waals surface area (Å²) in [5, 5.41) is 13.3. The highest BCUT2D eigenvalue weighted by molar-refractivity contribution is 14.1. The number of aliphatic hydroxyl groups excluding tert-OH is 1. The first-order chi connectivity index (χ1) is 10.2. The zero-order chi connectivity index (χ0) is 14.7. The Balaban J connectivity index is 1.74. The van der Waals surface area contributed by atoms with E-state index in [0.29, 0.717) is 6.42 Å². The molecule has 0 aliphatic carbocycles. The third-order valence-corrected chi connectivity index (χ3v) is 4.83. The number of hydrogen-bond donors (Lipinski definition) is 1. The van der Waals surface area contributed by atoms with Gasteiger partial charge in [0, 0.05) is 20.9 Å². The van der Waals surface area contributed by atoms with Crippen LogP contribution in [0, 0.1) is 3.57 Å². The topological polar surface area (TPSA) is 33.1 Å². The largest absolute Gasteiger partial charge is 0.388 e. The summed E-state index contributed by atoms with van der Waals surface area (Å²) in [5.41, 5.74) is 3.03.